The molecule has 2 saturated heterocycles. The molecule has 0 amide bonds. The average Bonchev–Trinajstić information content (AvgIpc) is 2.89. The Morgan fingerprint density at radius 2 is 2.17 bits per heavy atom. The molecule has 0 radical (unpaired) electrons. The van der Waals surface area contributed by atoms with Crippen molar-refractivity contribution in [1.82, 2.24) is 9.88 Å². The van der Waals surface area contributed by atoms with Crippen molar-refractivity contribution in [3.05, 3.63) is 28.5 Å². The quantitative estimate of drug-likeness (QED) is 0.917. The van der Waals surface area contributed by atoms with Crippen molar-refractivity contribution in [3.8, 4) is 0 Å². The average molecular weight is 312 g/mol. The van der Waals surface area contributed by atoms with E-state index in [2.05, 4.69) is 25.8 Å². The number of ether oxygens (including phenoxy) is 1. The fourth-order valence-corrected chi connectivity index (χ4v) is 3.28. The number of rotatable bonds is 3. The highest BCUT2D eigenvalue weighted by Gasteiger charge is 2.37. The highest BCUT2D eigenvalue weighted by Crippen LogP contribution is 2.29. The van der Waals surface area contributed by atoms with Crippen LogP contribution in [0.5, 0.6) is 0 Å². The van der Waals surface area contributed by atoms with Crippen LogP contribution in [0, 0.1) is 11.8 Å². The number of pyridine rings is 1. The number of fused-ring (bicyclic) bond motifs is 1. The molecule has 18 heavy (non-hydrogen) atoms. The smallest absolute Gasteiger partial charge is 0.0599 e. The molecule has 0 aromatic carbocycles. The van der Waals surface area contributed by atoms with Crippen molar-refractivity contribution in [2.45, 2.75) is 6.04 Å². The van der Waals surface area contributed by atoms with Gasteiger partial charge in [0.05, 0.1) is 24.9 Å². The first-order valence-corrected chi connectivity index (χ1v) is 7.19. The molecular weight excluding hydrogens is 294 g/mol. The normalized spacial score (nSPS) is 29.4. The summed E-state index contributed by atoms with van der Waals surface area (Å²) in [6.07, 6.45) is 1.80. The number of nitrogens with two attached hydrogens (primary N) is 1. The molecule has 2 fully saturated rings. The first-order valence-electron chi connectivity index (χ1n) is 6.39. The second-order valence-corrected chi connectivity index (χ2v) is 6.20. The van der Waals surface area contributed by atoms with E-state index in [-0.39, 0.29) is 6.04 Å². The third-order valence-corrected chi connectivity index (χ3v) is 4.39. The van der Waals surface area contributed by atoms with Gasteiger partial charge in [-0.25, -0.2) is 0 Å². The van der Waals surface area contributed by atoms with E-state index < -0.39 is 0 Å². The molecule has 0 aliphatic carbocycles. The molecule has 2 N–H and O–H groups in total. The van der Waals surface area contributed by atoms with Crippen LogP contribution in [0.25, 0.3) is 0 Å². The minimum atomic E-state index is -0.0118. The third kappa shape index (κ3) is 2.59. The number of likely N-dealkylation sites (tertiary alicyclic amines) is 1. The summed E-state index contributed by atoms with van der Waals surface area (Å²) in [5, 5.41) is 0. The molecule has 98 valence electrons. The van der Waals surface area contributed by atoms with Gasteiger partial charge in [-0.3, -0.25) is 4.98 Å². The lowest BCUT2D eigenvalue weighted by Crippen LogP contribution is -2.32. The van der Waals surface area contributed by atoms with Crippen molar-refractivity contribution in [2.24, 2.45) is 17.6 Å². The van der Waals surface area contributed by atoms with Gasteiger partial charge in [-0.15, -0.1) is 0 Å². The Hall–Kier alpha value is -0.490. The molecule has 2 aliphatic rings. The minimum Gasteiger partial charge on any atom is -0.381 e. The molecule has 0 saturated carbocycles. The van der Waals surface area contributed by atoms with Crippen LogP contribution in [-0.2, 0) is 4.74 Å². The maximum atomic E-state index is 6.24. The predicted octanol–water partition coefficient (Wildman–Crippen LogP) is 1.42. The number of halogens is 1. The largest absolute Gasteiger partial charge is 0.381 e. The Morgan fingerprint density at radius 3 is 2.83 bits per heavy atom. The highest BCUT2D eigenvalue weighted by atomic mass is 79.9. The summed E-state index contributed by atoms with van der Waals surface area (Å²) in [6, 6.07) is 3.92. The fraction of sp³-hybridized carbons (Fsp3) is 0.615. The molecular formula is C13H18BrN3O. The molecule has 1 aromatic rings. The second-order valence-electron chi connectivity index (χ2n) is 5.28. The molecule has 5 heteroatoms. The van der Waals surface area contributed by atoms with Crippen LogP contribution in [0.1, 0.15) is 11.7 Å². The standard InChI is InChI=1S/C13H18BrN3O/c14-11-1-2-16-13(3-11)12(15)6-17-4-9-7-18-8-10(9)5-17/h1-3,9-10,12H,4-8,15H2/t9-,10+,12?. The Balaban J connectivity index is 1.60. The molecule has 4 nitrogen and oxygen atoms in total. The molecule has 0 bridgehead atoms. The van der Waals surface area contributed by atoms with Crippen LogP contribution in [-0.4, -0.2) is 42.7 Å². The van der Waals surface area contributed by atoms with E-state index in [1.165, 1.54) is 0 Å². The van der Waals surface area contributed by atoms with Crippen molar-refractivity contribution in [1.29, 1.82) is 0 Å². The Bertz CT molecular complexity index is 416. The first kappa shape index (κ1) is 12.5. The number of hydrogen-bond donors (Lipinski definition) is 1. The van der Waals surface area contributed by atoms with E-state index in [1.807, 2.05) is 12.1 Å². The van der Waals surface area contributed by atoms with Crippen molar-refractivity contribution in [3.63, 3.8) is 0 Å². The monoisotopic (exact) mass is 311 g/mol. The lowest BCUT2D eigenvalue weighted by molar-refractivity contribution is 0.152. The molecule has 1 aromatic heterocycles. The lowest BCUT2D eigenvalue weighted by Gasteiger charge is -2.21. The van der Waals surface area contributed by atoms with Crippen molar-refractivity contribution in [2.75, 3.05) is 32.8 Å². The topological polar surface area (TPSA) is 51.4 Å². The number of aromatic nitrogens is 1. The second kappa shape index (κ2) is 5.25. The van der Waals surface area contributed by atoms with Gasteiger partial charge < -0.3 is 15.4 Å². The Labute approximate surface area is 116 Å². The van der Waals surface area contributed by atoms with E-state index >= 15 is 0 Å². The molecule has 3 rings (SSSR count). The molecule has 2 aliphatic heterocycles. The van der Waals surface area contributed by atoms with Crippen LogP contribution < -0.4 is 5.73 Å². The van der Waals surface area contributed by atoms with Gasteiger partial charge >= 0.3 is 0 Å². The maximum absolute atomic E-state index is 6.24. The summed E-state index contributed by atoms with van der Waals surface area (Å²) in [5.41, 5.74) is 7.19. The van der Waals surface area contributed by atoms with Crippen LogP contribution in [0.3, 0.4) is 0 Å². The SMILES string of the molecule is NC(CN1C[C@H]2COC[C@H]2C1)c1cc(Br)ccn1. The maximum Gasteiger partial charge on any atom is 0.0599 e. The summed E-state index contributed by atoms with van der Waals surface area (Å²) in [6.45, 7) is 4.96. The molecule has 3 atom stereocenters. The molecule has 0 spiro atoms. The number of hydrogen-bond acceptors (Lipinski definition) is 4. The zero-order valence-corrected chi connectivity index (χ0v) is 11.8. The van der Waals surface area contributed by atoms with Gasteiger partial charge in [-0.05, 0) is 12.1 Å². The van der Waals surface area contributed by atoms with Crippen LogP contribution >= 0.6 is 15.9 Å². The van der Waals surface area contributed by atoms with Gasteiger partial charge in [0, 0.05) is 42.1 Å². The summed E-state index contributed by atoms with van der Waals surface area (Å²) in [5.74, 6) is 1.43. The zero-order chi connectivity index (χ0) is 12.5. The molecule has 1 unspecified atom stereocenters. The first-order chi connectivity index (χ1) is 8.72. The van der Waals surface area contributed by atoms with Crippen LogP contribution in [0.15, 0.2) is 22.8 Å². The van der Waals surface area contributed by atoms with Crippen LogP contribution in [0.4, 0.5) is 0 Å². The van der Waals surface area contributed by atoms with E-state index in [9.17, 15) is 0 Å². The Morgan fingerprint density at radius 1 is 1.44 bits per heavy atom. The van der Waals surface area contributed by atoms with Gasteiger partial charge in [0.15, 0.2) is 0 Å². The Kier molecular flexibility index (Phi) is 3.66. The summed E-state index contributed by atoms with van der Waals surface area (Å²) in [4.78, 5) is 6.80. The molecule has 3 heterocycles. The van der Waals surface area contributed by atoms with E-state index in [4.69, 9.17) is 10.5 Å². The fourth-order valence-electron chi connectivity index (χ4n) is 2.93. The van der Waals surface area contributed by atoms with Gasteiger partial charge in [0.25, 0.3) is 0 Å². The van der Waals surface area contributed by atoms with Gasteiger partial charge in [0.2, 0.25) is 0 Å². The van der Waals surface area contributed by atoms with Gasteiger partial charge in [-0.2, -0.15) is 0 Å². The predicted molar refractivity (Wildman–Crippen MR) is 73.1 cm³/mol. The summed E-state index contributed by atoms with van der Waals surface area (Å²) in [7, 11) is 0. The minimum absolute atomic E-state index is 0.0118. The van der Waals surface area contributed by atoms with Gasteiger partial charge in [0.1, 0.15) is 0 Å². The lowest BCUT2D eigenvalue weighted by atomic mass is 10.0. The van der Waals surface area contributed by atoms with Crippen molar-refractivity contribution < 1.29 is 4.74 Å². The van der Waals surface area contributed by atoms with E-state index in [0.29, 0.717) is 11.8 Å². The third-order valence-electron chi connectivity index (χ3n) is 3.89. The van der Waals surface area contributed by atoms with E-state index in [1.54, 1.807) is 6.20 Å². The zero-order valence-electron chi connectivity index (χ0n) is 10.3. The van der Waals surface area contributed by atoms with Crippen LogP contribution in [0.2, 0.25) is 0 Å². The van der Waals surface area contributed by atoms with Gasteiger partial charge in [-0.1, -0.05) is 15.9 Å². The highest BCUT2D eigenvalue weighted by molar-refractivity contribution is 9.10. The summed E-state index contributed by atoms with van der Waals surface area (Å²) < 4.78 is 6.53. The van der Waals surface area contributed by atoms with Crippen molar-refractivity contribution >= 4 is 15.9 Å². The summed E-state index contributed by atoms with van der Waals surface area (Å²) >= 11 is 3.46. The van der Waals surface area contributed by atoms with E-state index in [0.717, 1.165) is 43.0 Å². The number of nitrogens with zero attached hydrogens (tertiary/aromatic N) is 2.